The molecule has 1 rings (SSSR count). The second-order valence-corrected chi connectivity index (χ2v) is 3.43. The van der Waals surface area contributed by atoms with Crippen molar-refractivity contribution in [2.24, 2.45) is 0 Å². The normalized spacial score (nSPS) is 29.8. The Labute approximate surface area is 73.2 Å². The molecule has 0 bridgehead atoms. The minimum absolute atomic E-state index is 0.122. The number of aliphatic hydroxyl groups excluding tert-OH is 1. The van der Waals surface area contributed by atoms with Crippen LogP contribution in [0.2, 0.25) is 0 Å². The first-order chi connectivity index (χ1) is 5.72. The van der Waals surface area contributed by atoms with Crippen molar-refractivity contribution < 1.29 is 9.90 Å². The van der Waals surface area contributed by atoms with Gasteiger partial charge in [-0.05, 0) is 25.7 Å². The first kappa shape index (κ1) is 9.52. The molecule has 3 nitrogen and oxygen atoms in total. The molecule has 3 heteroatoms. The van der Waals surface area contributed by atoms with E-state index in [9.17, 15) is 9.90 Å². The predicted octanol–water partition coefficient (Wildman–Crippen LogP) is 0.816. The second-order valence-electron chi connectivity index (χ2n) is 3.43. The summed E-state index contributed by atoms with van der Waals surface area (Å²) < 4.78 is 0. The molecular weight excluding hydrogens is 154 g/mol. The zero-order chi connectivity index (χ0) is 8.97. The molecular formula is C9H17NO2. The zero-order valence-electron chi connectivity index (χ0n) is 7.55. The van der Waals surface area contributed by atoms with E-state index >= 15 is 0 Å². The minimum Gasteiger partial charge on any atom is -0.393 e. The van der Waals surface area contributed by atoms with Gasteiger partial charge in [0, 0.05) is 12.5 Å². The summed E-state index contributed by atoms with van der Waals surface area (Å²) in [5.74, 6) is 0.122. The number of hydrogen-bond donors (Lipinski definition) is 2. The fraction of sp³-hybridized carbons (Fsp3) is 0.889. The SMILES string of the molecule is CCC(=O)N[C@H]1CC[C@@H](O)CC1. The van der Waals surface area contributed by atoms with Gasteiger partial charge in [-0.3, -0.25) is 4.79 Å². The average molecular weight is 171 g/mol. The molecule has 1 aliphatic carbocycles. The molecule has 2 N–H and O–H groups in total. The summed E-state index contributed by atoms with van der Waals surface area (Å²) in [5, 5.41) is 12.1. The average Bonchev–Trinajstić information content (AvgIpc) is 2.09. The predicted molar refractivity (Wildman–Crippen MR) is 46.7 cm³/mol. The standard InChI is InChI=1S/C9H17NO2/c1-2-9(12)10-7-3-5-8(11)6-4-7/h7-8,11H,2-6H2,1H3,(H,10,12)/t7-,8+. The van der Waals surface area contributed by atoms with E-state index in [1.807, 2.05) is 6.92 Å². The molecule has 0 saturated heterocycles. The van der Waals surface area contributed by atoms with E-state index in [1.54, 1.807) is 0 Å². The van der Waals surface area contributed by atoms with Crippen LogP contribution in [0.4, 0.5) is 0 Å². The Morgan fingerprint density at radius 1 is 1.42 bits per heavy atom. The van der Waals surface area contributed by atoms with Crippen LogP contribution in [-0.4, -0.2) is 23.2 Å². The van der Waals surface area contributed by atoms with Crippen molar-refractivity contribution in [3.63, 3.8) is 0 Å². The highest BCUT2D eigenvalue weighted by molar-refractivity contribution is 5.75. The number of amides is 1. The largest absolute Gasteiger partial charge is 0.393 e. The lowest BCUT2D eigenvalue weighted by Crippen LogP contribution is -2.38. The van der Waals surface area contributed by atoms with Gasteiger partial charge in [-0.2, -0.15) is 0 Å². The lowest BCUT2D eigenvalue weighted by molar-refractivity contribution is -0.121. The van der Waals surface area contributed by atoms with Crippen LogP contribution in [0, 0.1) is 0 Å². The first-order valence-corrected chi connectivity index (χ1v) is 4.69. The fourth-order valence-electron chi connectivity index (χ4n) is 1.55. The summed E-state index contributed by atoms with van der Waals surface area (Å²) in [4.78, 5) is 11.0. The molecule has 0 unspecified atom stereocenters. The lowest BCUT2D eigenvalue weighted by atomic mass is 9.93. The molecule has 70 valence electrons. The van der Waals surface area contributed by atoms with E-state index in [0.29, 0.717) is 12.5 Å². The molecule has 0 aliphatic heterocycles. The molecule has 0 radical (unpaired) electrons. The number of nitrogens with one attached hydrogen (secondary N) is 1. The van der Waals surface area contributed by atoms with Crippen LogP contribution < -0.4 is 5.32 Å². The topological polar surface area (TPSA) is 49.3 Å². The Kier molecular flexibility index (Phi) is 3.53. The van der Waals surface area contributed by atoms with E-state index in [0.717, 1.165) is 25.7 Å². The number of rotatable bonds is 2. The number of hydrogen-bond acceptors (Lipinski definition) is 2. The van der Waals surface area contributed by atoms with E-state index in [2.05, 4.69) is 5.32 Å². The number of aliphatic hydroxyl groups is 1. The molecule has 0 heterocycles. The molecule has 1 saturated carbocycles. The molecule has 0 aromatic heterocycles. The highest BCUT2D eigenvalue weighted by Crippen LogP contribution is 2.18. The number of carbonyl (C=O) groups excluding carboxylic acids is 1. The van der Waals surface area contributed by atoms with Gasteiger partial charge >= 0.3 is 0 Å². The summed E-state index contributed by atoms with van der Waals surface area (Å²) in [7, 11) is 0. The van der Waals surface area contributed by atoms with Gasteiger partial charge in [-0.25, -0.2) is 0 Å². The highest BCUT2D eigenvalue weighted by Gasteiger charge is 2.19. The van der Waals surface area contributed by atoms with Crippen LogP contribution in [0.25, 0.3) is 0 Å². The molecule has 1 aliphatic rings. The fourth-order valence-corrected chi connectivity index (χ4v) is 1.55. The molecule has 0 spiro atoms. The smallest absolute Gasteiger partial charge is 0.219 e. The summed E-state index contributed by atoms with van der Waals surface area (Å²) in [5.41, 5.74) is 0. The summed E-state index contributed by atoms with van der Waals surface area (Å²) in [6.07, 6.45) is 3.92. The van der Waals surface area contributed by atoms with Crippen molar-refractivity contribution in [2.45, 2.75) is 51.2 Å². The van der Waals surface area contributed by atoms with Gasteiger partial charge in [0.2, 0.25) is 5.91 Å². The third-order valence-corrected chi connectivity index (χ3v) is 2.38. The number of carbonyl (C=O) groups is 1. The van der Waals surface area contributed by atoms with E-state index in [-0.39, 0.29) is 12.0 Å². The van der Waals surface area contributed by atoms with E-state index in [4.69, 9.17) is 0 Å². The minimum atomic E-state index is -0.139. The Bertz CT molecular complexity index is 151. The van der Waals surface area contributed by atoms with Crippen molar-refractivity contribution in [1.29, 1.82) is 0 Å². The van der Waals surface area contributed by atoms with Gasteiger partial charge in [0.1, 0.15) is 0 Å². The highest BCUT2D eigenvalue weighted by atomic mass is 16.3. The maximum absolute atomic E-state index is 11.0. The molecule has 0 aromatic rings. The molecule has 0 aromatic carbocycles. The van der Waals surface area contributed by atoms with Gasteiger partial charge in [0.25, 0.3) is 0 Å². The summed E-state index contributed by atoms with van der Waals surface area (Å²) in [6.45, 7) is 1.85. The Hall–Kier alpha value is -0.570. The van der Waals surface area contributed by atoms with Crippen molar-refractivity contribution >= 4 is 5.91 Å². The Morgan fingerprint density at radius 3 is 2.50 bits per heavy atom. The van der Waals surface area contributed by atoms with Gasteiger partial charge in [-0.15, -0.1) is 0 Å². The monoisotopic (exact) mass is 171 g/mol. The van der Waals surface area contributed by atoms with Crippen molar-refractivity contribution in [3.05, 3.63) is 0 Å². The van der Waals surface area contributed by atoms with Crippen LogP contribution in [0.5, 0.6) is 0 Å². The van der Waals surface area contributed by atoms with Gasteiger partial charge in [-0.1, -0.05) is 6.92 Å². The van der Waals surface area contributed by atoms with Gasteiger partial charge in [0.15, 0.2) is 0 Å². The van der Waals surface area contributed by atoms with Crippen molar-refractivity contribution in [3.8, 4) is 0 Å². The maximum Gasteiger partial charge on any atom is 0.219 e. The van der Waals surface area contributed by atoms with Gasteiger partial charge in [0.05, 0.1) is 6.10 Å². The van der Waals surface area contributed by atoms with Crippen LogP contribution in [-0.2, 0) is 4.79 Å². The Morgan fingerprint density at radius 2 is 2.00 bits per heavy atom. The molecule has 1 fully saturated rings. The zero-order valence-corrected chi connectivity index (χ0v) is 7.55. The maximum atomic E-state index is 11.0. The van der Waals surface area contributed by atoms with Crippen molar-refractivity contribution in [1.82, 2.24) is 5.32 Å². The van der Waals surface area contributed by atoms with E-state index in [1.165, 1.54) is 0 Å². The van der Waals surface area contributed by atoms with Crippen LogP contribution in [0.15, 0.2) is 0 Å². The third-order valence-electron chi connectivity index (χ3n) is 2.38. The summed E-state index contributed by atoms with van der Waals surface area (Å²) >= 11 is 0. The Balaban J connectivity index is 2.21. The summed E-state index contributed by atoms with van der Waals surface area (Å²) in [6, 6.07) is 0.306. The molecule has 12 heavy (non-hydrogen) atoms. The van der Waals surface area contributed by atoms with E-state index < -0.39 is 0 Å². The first-order valence-electron chi connectivity index (χ1n) is 4.69. The molecule has 0 atom stereocenters. The van der Waals surface area contributed by atoms with Crippen LogP contribution >= 0.6 is 0 Å². The molecule has 1 amide bonds. The van der Waals surface area contributed by atoms with Gasteiger partial charge < -0.3 is 10.4 Å². The second kappa shape index (κ2) is 4.45. The quantitative estimate of drug-likeness (QED) is 0.646. The van der Waals surface area contributed by atoms with Crippen LogP contribution in [0.1, 0.15) is 39.0 Å². The lowest BCUT2D eigenvalue weighted by Gasteiger charge is -2.25. The third kappa shape index (κ3) is 2.81. The van der Waals surface area contributed by atoms with Crippen molar-refractivity contribution in [2.75, 3.05) is 0 Å². The van der Waals surface area contributed by atoms with Crippen LogP contribution in [0.3, 0.4) is 0 Å².